The normalized spacial score (nSPS) is 11.8. The molecule has 1 N–H and O–H groups in total. The minimum atomic E-state index is -3.46. The first kappa shape index (κ1) is 18.6. The molecule has 21 heavy (non-hydrogen) atoms. The van der Waals surface area contributed by atoms with Crippen LogP contribution in [0.4, 0.5) is 0 Å². The third-order valence-electron chi connectivity index (χ3n) is 2.88. The Morgan fingerprint density at radius 1 is 1.19 bits per heavy atom. The Kier molecular flexibility index (Phi) is 8.43. The van der Waals surface area contributed by atoms with E-state index in [1.165, 1.54) is 0 Å². The summed E-state index contributed by atoms with van der Waals surface area (Å²) in [5.74, 6) is 0. The lowest BCUT2D eigenvalue weighted by Crippen LogP contribution is -2.25. The van der Waals surface area contributed by atoms with Gasteiger partial charge >= 0.3 is 0 Å². The standard InChI is InChI=1S/C14H22BrNO4S/c1-12-5-6-13(15)11-14(12)21(17,18)16-7-3-4-8-20-10-9-19-2/h5-6,11,16H,3-4,7-10H2,1-2H3. The SMILES string of the molecule is COCCOCCCCNS(=O)(=O)c1cc(Br)ccc1C. The first-order valence-corrected chi connectivity index (χ1v) is 9.07. The molecule has 7 heteroatoms. The second-order valence-corrected chi connectivity index (χ2v) is 7.27. The zero-order valence-corrected chi connectivity index (χ0v) is 14.8. The van der Waals surface area contributed by atoms with Crippen LogP contribution in [0.15, 0.2) is 27.6 Å². The smallest absolute Gasteiger partial charge is 0.240 e. The predicted octanol–water partition coefficient (Wildman–Crippen LogP) is 2.48. The molecule has 1 aromatic carbocycles. The molecule has 0 aliphatic rings. The molecule has 1 rings (SSSR count). The van der Waals surface area contributed by atoms with Crippen LogP contribution in [0.2, 0.25) is 0 Å². The van der Waals surface area contributed by atoms with Crippen molar-refractivity contribution in [3.63, 3.8) is 0 Å². The average Bonchev–Trinajstić information content (AvgIpc) is 2.44. The number of halogens is 1. The van der Waals surface area contributed by atoms with Crippen molar-refractivity contribution in [2.75, 3.05) is 33.5 Å². The van der Waals surface area contributed by atoms with Gasteiger partial charge < -0.3 is 9.47 Å². The van der Waals surface area contributed by atoms with E-state index in [2.05, 4.69) is 20.7 Å². The number of hydrogen-bond acceptors (Lipinski definition) is 4. The van der Waals surface area contributed by atoms with Crippen LogP contribution in [-0.2, 0) is 19.5 Å². The monoisotopic (exact) mass is 379 g/mol. The topological polar surface area (TPSA) is 64.6 Å². The number of ether oxygens (including phenoxy) is 2. The number of benzene rings is 1. The zero-order chi connectivity index (χ0) is 15.7. The fraction of sp³-hybridized carbons (Fsp3) is 0.571. The Morgan fingerprint density at radius 2 is 1.95 bits per heavy atom. The highest BCUT2D eigenvalue weighted by molar-refractivity contribution is 9.10. The predicted molar refractivity (Wildman–Crippen MR) is 86.0 cm³/mol. The summed E-state index contributed by atoms with van der Waals surface area (Å²) in [5, 5.41) is 0. The molecule has 0 radical (unpaired) electrons. The van der Waals surface area contributed by atoms with Gasteiger partial charge in [0.2, 0.25) is 10.0 Å². The van der Waals surface area contributed by atoms with Gasteiger partial charge in [-0.15, -0.1) is 0 Å². The third kappa shape index (κ3) is 6.88. The number of methoxy groups -OCH3 is 1. The van der Waals surface area contributed by atoms with E-state index < -0.39 is 10.0 Å². The van der Waals surface area contributed by atoms with Crippen LogP contribution < -0.4 is 4.72 Å². The molecule has 1 aromatic rings. The number of aryl methyl sites for hydroxylation is 1. The highest BCUT2D eigenvalue weighted by Crippen LogP contribution is 2.20. The number of sulfonamides is 1. The third-order valence-corrected chi connectivity index (χ3v) is 4.98. The largest absolute Gasteiger partial charge is 0.382 e. The average molecular weight is 380 g/mol. The molecule has 0 heterocycles. The molecule has 5 nitrogen and oxygen atoms in total. The minimum Gasteiger partial charge on any atom is -0.382 e. The van der Waals surface area contributed by atoms with E-state index in [-0.39, 0.29) is 0 Å². The van der Waals surface area contributed by atoms with Gasteiger partial charge in [-0.05, 0) is 37.5 Å². The highest BCUT2D eigenvalue weighted by atomic mass is 79.9. The first-order chi connectivity index (χ1) is 9.97. The van der Waals surface area contributed by atoms with Crippen molar-refractivity contribution in [1.29, 1.82) is 0 Å². The lowest BCUT2D eigenvalue weighted by molar-refractivity contribution is 0.0689. The molecule has 0 aromatic heterocycles. The van der Waals surface area contributed by atoms with E-state index in [0.29, 0.717) is 31.3 Å². The summed E-state index contributed by atoms with van der Waals surface area (Å²) in [4.78, 5) is 0.313. The molecule has 0 atom stereocenters. The molecule has 0 fully saturated rings. The van der Waals surface area contributed by atoms with Crippen LogP contribution in [0, 0.1) is 6.92 Å². The minimum absolute atomic E-state index is 0.313. The van der Waals surface area contributed by atoms with Crippen molar-refractivity contribution in [1.82, 2.24) is 4.72 Å². The van der Waals surface area contributed by atoms with Crippen LogP contribution >= 0.6 is 15.9 Å². The molecule has 0 bridgehead atoms. The summed E-state index contributed by atoms with van der Waals surface area (Å²) in [6.07, 6.45) is 1.54. The van der Waals surface area contributed by atoms with Crippen molar-refractivity contribution >= 4 is 26.0 Å². The van der Waals surface area contributed by atoms with Gasteiger partial charge in [0.25, 0.3) is 0 Å². The molecule has 0 aliphatic heterocycles. The van der Waals surface area contributed by atoms with Gasteiger partial charge in [-0.3, -0.25) is 0 Å². The number of unbranched alkanes of at least 4 members (excludes halogenated alkanes) is 1. The van der Waals surface area contributed by atoms with Crippen molar-refractivity contribution in [3.8, 4) is 0 Å². The second kappa shape index (κ2) is 9.53. The quantitative estimate of drug-likeness (QED) is 0.634. The molecule has 0 saturated carbocycles. The maximum Gasteiger partial charge on any atom is 0.240 e. The molecular formula is C14H22BrNO4S. The molecule has 0 saturated heterocycles. The lowest BCUT2D eigenvalue weighted by Gasteiger charge is -2.10. The highest BCUT2D eigenvalue weighted by Gasteiger charge is 2.16. The zero-order valence-electron chi connectivity index (χ0n) is 12.4. The Hall–Kier alpha value is -0.470. The molecular weight excluding hydrogens is 358 g/mol. The fourth-order valence-corrected chi connectivity index (χ4v) is 3.58. The Bertz CT molecular complexity index is 534. The van der Waals surface area contributed by atoms with Crippen LogP contribution in [0.25, 0.3) is 0 Å². The van der Waals surface area contributed by atoms with Crippen LogP contribution in [-0.4, -0.2) is 41.9 Å². The van der Waals surface area contributed by atoms with Gasteiger partial charge in [0.05, 0.1) is 18.1 Å². The summed E-state index contributed by atoms with van der Waals surface area (Å²) in [6, 6.07) is 5.22. The fourth-order valence-electron chi connectivity index (χ4n) is 1.72. The van der Waals surface area contributed by atoms with E-state index in [1.54, 1.807) is 26.2 Å². The maximum atomic E-state index is 12.2. The van der Waals surface area contributed by atoms with Gasteiger partial charge in [0.1, 0.15) is 0 Å². The van der Waals surface area contributed by atoms with Gasteiger partial charge in [-0.2, -0.15) is 0 Å². The van der Waals surface area contributed by atoms with E-state index in [9.17, 15) is 8.42 Å². The van der Waals surface area contributed by atoms with Crippen molar-refractivity contribution in [3.05, 3.63) is 28.2 Å². The summed E-state index contributed by atoms with van der Waals surface area (Å²) in [5.41, 5.74) is 0.730. The van der Waals surface area contributed by atoms with Crippen molar-refractivity contribution < 1.29 is 17.9 Å². The summed E-state index contributed by atoms with van der Waals surface area (Å²) >= 11 is 3.29. The van der Waals surface area contributed by atoms with E-state index in [0.717, 1.165) is 22.9 Å². The van der Waals surface area contributed by atoms with Crippen LogP contribution in [0.5, 0.6) is 0 Å². The number of rotatable bonds is 10. The lowest BCUT2D eigenvalue weighted by atomic mass is 10.2. The number of hydrogen-bond donors (Lipinski definition) is 1. The summed E-state index contributed by atoms with van der Waals surface area (Å²) in [6.45, 7) is 3.95. The van der Waals surface area contributed by atoms with Crippen LogP contribution in [0.1, 0.15) is 18.4 Å². The number of nitrogens with one attached hydrogen (secondary N) is 1. The second-order valence-electron chi connectivity index (χ2n) is 4.62. The molecule has 0 unspecified atom stereocenters. The van der Waals surface area contributed by atoms with Crippen molar-refractivity contribution in [2.45, 2.75) is 24.7 Å². The van der Waals surface area contributed by atoms with Gasteiger partial charge in [0, 0.05) is 24.7 Å². The molecule has 0 aliphatic carbocycles. The van der Waals surface area contributed by atoms with E-state index in [1.807, 2.05) is 6.07 Å². The molecule has 0 amide bonds. The van der Waals surface area contributed by atoms with E-state index in [4.69, 9.17) is 9.47 Å². The molecule has 0 spiro atoms. The summed E-state index contributed by atoms with van der Waals surface area (Å²) in [7, 11) is -1.83. The Morgan fingerprint density at radius 3 is 2.67 bits per heavy atom. The summed E-state index contributed by atoms with van der Waals surface area (Å²) < 4.78 is 37.9. The molecule has 120 valence electrons. The van der Waals surface area contributed by atoms with Gasteiger partial charge in [0.15, 0.2) is 0 Å². The van der Waals surface area contributed by atoms with E-state index >= 15 is 0 Å². The van der Waals surface area contributed by atoms with Gasteiger partial charge in [-0.25, -0.2) is 13.1 Å². The van der Waals surface area contributed by atoms with Crippen LogP contribution in [0.3, 0.4) is 0 Å². The first-order valence-electron chi connectivity index (χ1n) is 6.80. The maximum absolute atomic E-state index is 12.2. The van der Waals surface area contributed by atoms with Crippen molar-refractivity contribution in [2.24, 2.45) is 0 Å². The Balaban J connectivity index is 2.35. The van der Waals surface area contributed by atoms with Gasteiger partial charge in [-0.1, -0.05) is 22.0 Å². The Labute approximate surface area is 135 Å².